The van der Waals surface area contributed by atoms with Crippen LogP contribution < -0.4 is 4.90 Å². The molecule has 0 atom stereocenters. The van der Waals surface area contributed by atoms with E-state index < -0.39 is 12.7 Å². The van der Waals surface area contributed by atoms with Crippen molar-refractivity contribution < 1.29 is 13.2 Å². The zero-order valence-electron chi connectivity index (χ0n) is 10.3. The average Bonchev–Trinajstić information content (AvgIpc) is 2.38. The van der Waals surface area contributed by atoms with Crippen molar-refractivity contribution >= 4 is 17.4 Å². The minimum absolute atomic E-state index is 0.335. The Morgan fingerprint density at radius 1 is 1.16 bits per heavy atom. The number of aromatic nitrogens is 1. The lowest BCUT2D eigenvalue weighted by Gasteiger charge is -2.35. The molecule has 2 heterocycles. The van der Waals surface area contributed by atoms with Gasteiger partial charge in [-0.2, -0.15) is 13.2 Å². The van der Waals surface area contributed by atoms with E-state index in [1.54, 1.807) is 0 Å². The van der Waals surface area contributed by atoms with Gasteiger partial charge in [0.05, 0.1) is 18.1 Å². The standard InChI is InChI=1S/C12H15ClF3N3/c13-8-10-2-1-3-11(17-10)19-6-4-18(5-7-19)9-12(14,15)16/h1-3H,4-9H2. The number of rotatable bonds is 3. The van der Waals surface area contributed by atoms with Crippen LogP contribution in [-0.2, 0) is 5.88 Å². The first kappa shape index (κ1) is 14.4. The first-order chi connectivity index (χ1) is 8.98. The maximum atomic E-state index is 12.3. The quantitative estimate of drug-likeness (QED) is 0.798. The molecule has 1 aromatic heterocycles. The minimum atomic E-state index is -4.13. The van der Waals surface area contributed by atoms with Crippen LogP contribution in [-0.4, -0.2) is 48.8 Å². The third-order valence-electron chi connectivity index (χ3n) is 3.03. The molecule has 0 spiro atoms. The van der Waals surface area contributed by atoms with E-state index in [9.17, 15) is 13.2 Å². The van der Waals surface area contributed by atoms with E-state index in [4.69, 9.17) is 11.6 Å². The van der Waals surface area contributed by atoms with E-state index >= 15 is 0 Å². The van der Waals surface area contributed by atoms with E-state index in [0.29, 0.717) is 32.1 Å². The molecule has 0 radical (unpaired) electrons. The van der Waals surface area contributed by atoms with Crippen molar-refractivity contribution in [2.24, 2.45) is 0 Å². The predicted molar refractivity (Wildman–Crippen MR) is 68.5 cm³/mol. The minimum Gasteiger partial charge on any atom is -0.354 e. The number of pyridine rings is 1. The predicted octanol–water partition coefficient (Wildman–Crippen LogP) is 2.50. The fourth-order valence-electron chi connectivity index (χ4n) is 2.11. The Morgan fingerprint density at radius 3 is 2.42 bits per heavy atom. The first-order valence-corrected chi connectivity index (χ1v) is 6.57. The van der Waals surface area contributed by atoms with E-state index in [1.165, 1.54) is 4.90 Å². The van der Waals surface area contributed by atoms with Crippen LogP contribution in [0.5, 0.6) is 0 Å². The second-order valence-electron chi connectivity index (χ2n) is 4.50. The number of anilines is 1. The molecule has 0 aliphatic carbocycles. The lowest BCUT2D eigenvalue weighted by Crippen LogP contribution is -2.49. The summed E-state index contributed by atoms with van der Waals surface area (Å²) in [5, 5.41) is 0. The molecule has 0 unspecified atom stereocenters. The lowest BCUT2D eigenvalue weighted by molar-refractivity contribution is -0.146. The Labute approximate surface area is 115 Å². The molecule has 1 aliphatic heterocycles. The molecule has 1 aromatic rings. The van der Waals surface area contributed by atoms with Crippen molar-refractivity contribution in [3.8, 4) is 0 Å². The van der Waals surface area contributed by atoms with Gasteiger partial charge in [-0.05, 0) is 12.1 Å². The van der Waals surface area contributed by atoms with Gasteiger partial charge in [0.25, 0.3) is 0 Å². The Kier molecular flexibility index (Phi) is 4.52. The van der Waals surface area contributed by atoms with Crippen molar-refractivity contribution in [1.82, 2.24) is 9.88 Å². The van der Waals surface area contributed by atoms with Crippen LogP contribution in [0.15, 0.2) is 18.2 Å². The Hall–Kier alpha value is -1.01. The summed E-state index contributed by atoms with van der Waals surface area (Å²) in [7, 11) is 0. The molecule has 2 rings (SSSR count). The van der Waals surface area contributed by atoms with E-state index in [1.807, 2.05) is 23.1 Å². The van der Waals surface area contributed by atoms with Crippen LogP contribution in [0.4, 0.5) is 19.0 Å². The summed E-state index contributed by atoms with van der Waals surface area (Å²) in [6, 6.07) is 5.55. The molecule has 0 bridgehead atoms. The molecule has 1 saturated heterocycles. The Bertz CT molecular complexity index is 417. The lowest BCUT2D eigenvalue weighted by atomic mass is 10.3. The topological polar surface area (TPSA) is 19.4 Å². The van der Waals surface area contributed by atoms with Crippen LogP contribution >= 0.6 is 11.6 Å². The highest BCUT2D eigenvalue weighted by molar-refractivity contribution is 6.16. The second-order valence-corrected chi connectivity index (χ2v) is 4.77. The molecule has 0 N–H and O–H groups in total. The van der Waals surface area contributed by atoms with E-state index in [0.717, 1.165) is 11.5 Å². The molecule has 1 aliphatic rings. The molecule has 1 fully saturated rings. The van der Waals surface area contributed by atoms with Crippen molar-refractivity contribution in [2.75, 3.05) is 37.6 Å². The summed E-state index contributed by atoms with van der Waals surface area (Å²) in [5.74, 6) is 1.12. The van der Waals surface area contributed by atoms with Crippen LogP contribution in [0.2, 0.25) is 0 Å². The summed E-state index contributed by atoms with van der Waals surface area (Å²) < 4.78 is 36.8. The maximum absolute atomic E-state index is 12.3. The van der Waals surface area contributed by atoms with E-state index in [2.05, 4.69) is 4.98 Å². The molecule has 7 heteroatoms. The second kappa shape index (κ2) is 5.96. The largest absolute Gasteiger partial charge is 0.401 e. The van der Waals surface area contributed by atoms with Gasteiger partial charge in [-0.15, -0.1) is 11.6 Å². The fourth-order valence-corrected chi connectivity index (χ4v) is 2.25. The molecular formula is C12H15ClF3N3. The highest BCUT2D eigenvalue weighted by atomic mass is 35.5. The number of nitrogens with zero attached hydrogens (tertiary/aromatic N) is 3. The summed E-state index contributed by atoms with van der Waals surface area (Å²) in [4.78, 5) is 7.78. The van der Waals surface area contributed by atoms with Gasteiger partial charge in [-0.1, -0.05) is 6.07 Å². The van der Waals surface area contributed by atoms with Crippen LogP contribution in [0, 0.1) is 0 Å². The number of hydrogen-bond donors (Lipinski definition) is 0. The Balaban J connectivity index is 1.92. The zero-order valence-corrected chi connectivity index (χ0v) is 11.1. The van der Waals surface area contributed by atoms with Crippen molar-refractivity contribution in [3.63, 3.8) is 0 Å². The summed E-state index contributed by atoms with van der Waals surface area (Å²) in [6.45, 7) is 1.05. The molecule has 0 saturated carbocycles. The third-order valence-corrected chi connectivity index (χ3v) is 3.30. The highest BCUT2D eigenvalue weighted by Gasteiger charge is 2.32. The zero-order chi connectivity index (χ0) is 13.9. The molecule has 19 heavy (non-hydrogen) atoms. The average molecular weight is 294 g/mol. The van der Waals surface area contributed by atoms with Gasteiger partial charge >= 0.3 is 6.18 Å². The maximum Gasteiger partial charge on any atom is 0.401 e. The Morgan fingerprint density at radius 2 is 1.84 bits per heavy atom. The van der Waals surface area contributed by atoms with Gasteiger partial charge in [0.2, 0.25) is 0 Å². The van der Waals surface area contributed by atoms with Gasteiger partial charge in [-0.3, -0.25) is 4.90 Å². The van der Waals surface area contributed by atoms with Crippen LogP contribution in [0.3, 0.4) is 0 Å². The summed E-state index contributed by atoms with van der Waals surface area (Å²) in [5.41, 5.74) is 0.775. The van der Waals surface area contributed by atoms with Gasteiger partial charge < -0.3 is 4.90 Å². The molecule has 0 amide bonds. The number of alkyl halides is 4. The fraction of sp³-hybridized carbons (Fsp3) is 0.583. The number of halogens is 4. The number of piperazine rings is 1. The molecule has 0 aromatic carbocycles. The highest BCUT2D eigenvalue weighted by Crippen LogP contribution is 2.19. The first-order valence-electron chi connectivity index (χ1n) is 6.04. The van der Waals surface area contributed by atoms with Crippen molar-refractivity contribution in [1.29, 1.82) is 0 Å². The molecule has 106 valence electrons. The van der Waals surface area contributed by atoms with Crippen LogP contribution in [0.25, 0.3) is 0 Å². The third kappa shape index (κ3) is 4.24. The smallest absolute Gasteiger partial charge is 0.354 e. The molecule has 3 nitrogen and oxygen atoms in total. The normalized spacial score (nSPS) is 17.8. The van der Waals surface area contributed by atoms with Gasteiger partial charge in [0.15, 0.2) is 0 Å². The van der Waals surface area contributed by atoms with Gasteiger partial charge in [0, 0.05) is 26.2 Å². The SMILES string of the molecule is FC(F)(F)CN1CCN(c2cccc(CCl)n2)CC1. The number of hydrogen-bond acceptors (Lipinski definition) is 3. The van der Waals surface area contributed by atoms with Crippen molar-refractivity contribution in [2.45, 2.75) is 12.1 Å². The van der Waals surface area contributed by atoms with Crippen molar-refractivity contribution in [3.05, 3.63) is 23.9 Å². The van der Waals surface area contributed by atoms with Gasteiger partial charge in [0.1, 0.15) is 5.82 Å². The summed E-state index contributed by atoms with van der Waals surface area (Å²) >= 11 is 5.72. The van der Waals surface area contributed by atoms with Crippen LogP contribution in [0.1, 0.15) is 5.69 Å². The van der Waals surface area contributed by atoms with E-state index in [-0.39, 0.29) is 0 Å². The van der Waals surface area contributed by atoms with Gasteiger partial charge in [-0.25, -0.2) is 4.98 Å². The summed E-state index contributed by atoms with van der Waals surface area (Å²) in [6.07, 6.45) is -4.13. The molecular weight excluding hydrogens is 279 g/mol. The monoisotopic (exact) mass is 293 g/mol.